The fourth-order valence-electron chi connectivity index (χ4n) is 1.96. The summed E-state index contributed by atoms with van der Waals surface area (Å²) in [5, 5.41) is 38.8. The number of azo groups is 1. The number of hydrogen-bond acceptors (Lipinski definition) is 7. The van der Waals surface area contributed by atoms with Crippen LogP contribution < -0.4 is 5.32 Å². The molecule has 0 spiro atoms. The molecule has 26 heavy (non-hydrogen) atoms. The minimum absolute atomic E-state index is 0.0475. The van der Waals surface area contributed by atoms with Gasteiger partial charge >= 0.3 is 11.9 Å². The third kappa shape index (κ3) is 5.37. The Morgan fingerprint density at radius 1 is 1.00 bits per heavy atom. The first kappa shape index (κ1) is 18.5. The van der Waals surface area contributed by atoms with E-state index in [1.807, 2.05) is 0 Å². The Morgan fingerprint density at radius 3 is 1.92 bits per heavy atom. The molecule has 0 aliphatic heterocycles. The molecule has 0 aliphatic carbocycles. The molecule has 0 radical (unpaired) electrons. The van der Waals surface area contributed by atoms with Crippen LogP contribution in [0.5, 0.6) is 0 Å². The van der Waals surface area contributed by atoms with Gasteiger partial charge in [-0.2, -0.15) is 10.2 Å². The van der Waals surface area contributed by atoms with Gasteiger partial charge in [0.15, 0.2) is 0 Å². The average molecular weight is 358 g/mol. The van der Waals surface area contributed by atoms with Crippen LogP contribution in [-0.4, -0.2) is 33.1 Å². The first-order chi connectivity index (χ1) is 12.3. The van der Waals surface area contributed by atoms with Crippen molar-refractivity contribution in [2.75, 3.05) is 5.32 Å². The monoisotopic (exact) mass is 358 g/mol. The summed E-state index contributed by atoms with van der Waals surface area (Å²) < 4.78 is 0. The standard InChI is InChI=1S/C16H14N4O6/c21-15(22)9-14(16(23)24)17-10-1-3-11(4-2-10)18-19-12-5-7-13(8-6-12)20(25)26/h1-8,14,17H,9H2,(H,21,22)(H,23,24). The smallest absolute Gasteiger partial charge is 0.326 e. The molecule has 10 heteroatoms. The Kier molecular flexibility index (Phi) is 5.93. The number of carboxylic acids is 2. The third-order valence-electron chi connectivity index (χ3n) is 3.23. The Bertz CT molecular complexity index is 833. The van der Waals surface area contributed by atoms with Crippen molar-refractivity contribution in [1.82, 2.24) is 0 Å². The van der Waals surface area contributed by atoms with Crippen molar-refractivity contribution in [2.24, 2.45) is 10.2 Å². The summed E-state index contributed by atoms with van der Waals surface area (Å²) in [4.78, 5) is 31.8. The SMILES string of the molecule is O=C(O)CC(Nc1ccc(N=Nc2ccc([N+](=O)[O-])cc2)cc1)C(=O)O. The molecular formula is C16H14N4O6. The van der Waals surface area contributed by atoms with E-state index in [-0.39, 0.29) is 5.69 Å². The van der Waals surface area contributed by atoms with Crippen LogP contribution in [0.25, 0.3) is 0 Å². The van der Waals surface area contributed by atoms with Crippen molar-refractivity contribution < 1.29 is 24.7 Å². The molecular weight excluding hydrogens is 344 g/mol. The molecule has 0 fully saturated rings. The molecule has 0 bridgehead atoms. The molecule has 0 saturated carbocycles. The van der Waals surface area contributed by atoms with E-state index >= 15 is 0 Å². The van der Waals surface area contributed by atoms with E-state index in [1.54, 1.807) is 24.3 Å². The van der Waals surface area contributed by atoms with Gasteiger partial charge in [-0.25, -0.2) is 4.79 Å². The molecule has 134 valence electrons. The number of nitro groups is 1. The number of anilines is 1. The highest BCUT2D eigenvalue weighted by molar-refractivity contribution is 5.83. The molecule has 1 unspecified atom stereocenters. The molecule has 3 N–H and O–H groups in total. The lowest BCUT2D eigenvalue weighted by Crippen LogP contribution is -2.31. The quantitative estimate of drug-likeness (QED) is 0.371. The molecule has 2 rings (SSSR count). The largest absolute Gasteiger partial charge is 0.481 e. The van der Waals surface area contributed by atoms with Gasteiger partial charge in [0.2, 0.25) is 0 Å². The van der Waals surface area contributed by atoms with Gasteiger partial charge in [0, 0.05) is 17.8 Å². The first-order valence-electron chi connectivity index (χ1n) is 7.32. The lowest BCUT2D eigenvalue weighted by molar-refractivity contribution is -0.384. The van der Waals surface area contributed by atoms with Crippen LogP contribution in [0, 0.1) is 10.1 Å². The van der Waals surface area contributed by atoms with Crippen molar-refractivity contribution in [2.45, 2.75) is 12.5 Å². The van der Waals surface area contributed by atoms with Gasteiger partial charge < -0.3 is 15.5 Å². The van der Waals surface area contributed by atoms with Crippen LogP contribution in [0.2, 0.25) is 0 Å². The summed E-state index contributed by atoms with van der Waals surface area (Å²) in [7, 11) is 0. The molecule has 10 nitrogen and oxygen atoms in total. The number of hydrogen-bond donors (Lipinski definition) is 3. The Labute approximate surface area is 147 Å². The summed E-state index contributed by atoms with van der Waals surface area (Å²) in [6.45, 7) is 0. The maximum absolute atomic E-state index is 11.0. The maximum atomic E-state index is 11.0. The Balaban J connectivity index is 2.03. The van der Waals surface area contributed by atoms with E-state index in [1.165, 1.54) is 24.3 Å². The number of carbonyl (C=O) groups is 2. The highest BCUT2D eigenvalue weighted by Crippen LogP contribution is 2.22. The second-order valence-corrected chi connectivity index (χ2v) is 5.15. The fourth-order valence-corrected chi connectivity index (χ4v) is 1.96. The maximum Gasteiger partial charge on any atom is 0.326 e. The molecule has 2 aromatic rings. The highest BCUT2D eigenvalue weighted by atomic mass is 16.6. The molecule has 0 aromatic heterocycles. The Morgan fingerprint density at radius 2 is 1.50 bits per heavy atom. The lowest BCUT2D eigenvalue weighted by atomic mass is 10.2. The summed E-state index contributed by atoms with van der Waals surface area (Å²) in [5.74, 6) is -2.49. The highest BCUT2D eigenvalue weighted by Gasteiger charge is 2.20. The van der Waals surface area contributed by atoms with Gasteiger partial charge in [-0.3, -0.25) is 14.9 Å². The lowest BCUT2D eigenvalue weighted by Gasteiger charge is -2.13. The zero-order valence-electron chi connectivity index (χ0n) is 13.3. The number of carboxylic acid groups (broad SMARTS) is 2. The zero-order chi connectivity index (χ0) is 19.1. The van der Waals surface area contributed by atoms with Crippen LogP contribution in [-0.2, 0) is 9.59 Å². The van der Waals surface area contributed by atoms with Crippen molar-refractivity contribution >= 4 is 34.7 Å². The predicted octanol–water partition coefficient (Wildman–Crippen LogP) is 3.35. The summed E-state index contributed by atoms with van der Waals surface area (Å²) in [6, 6.07) is 10.5. The summed E-state index contributed by atoms with van der Waals surface area (Å²) in [5.41, 5.74) is 1.28. The summed E-state index contributed by atoms with van der Waals surface area (Å²) >= 11 is 0. The van der Waals surface area contributed by atoms with Gasteiger partial charge in [-0.15, -0.1) is 0 Å². The molecule has 0 saturated heterocycles. The Hall–Kier alpha value is -3.82. The minimum Gasteiger partial charge on any atom is -0.481 e. The van der Waals surface area contributed by atoms with Gasteiger partial charge in [-0.1, -0.05) is 0 Å². The second-order valence-electron chi connectivity index (χ2n) is 5.15. The number of nitro benzene ring substituents is 1. The van der Waals surface area contributed by atoms with Gasteiger partial charge in [0.1, 0.15) is 6.04 Å². The number of non-ortho nitro benzene ring substituents is 1. The normalized spacial score (nSPS) is 11.8. The molecule has 2 aromatic carbocycles. The van der Waals surface area contributed by atoms with E-state index in [2.05, 4.69) is 15.5 Å². The first-order valence-corrected chi connectivity index (χ1v) is 7.32. The molecule has 0 aliphatic rings. The van der Waals surface area contributed by atoms with Crippen molar-refractivity contribution in [3.8, 4) is 0 Å². The topological polar surface area (TPSA) is 154 Å². The summed E-state index contributed by atoms with van der Waals surface area (Å²) in [6.07, 6.45) is -0.559. The van der Waals surface area contributed by atoms with Crippen LogP contribution in [0.15, 0.2) is 58.8 Å². The number of rotatable bonds is 8. The van der Waals surface area contributed by atoms with Crippen LogP contribution >= 0.6 is 0 Å². The van der Waals surface area contributed by atoms with Gasteiger partial charge in [-0.05, 0) is 36.4 Å². The van der Waals surface area contributed by atoms with Crippen LogP contribution in [0.3, 0.4) is 0 Å². The number of nitrogens with one attached hydrogen (secondary N) is 1. The third-order valence-corrected chi connectivity index (χ3v) is 3.23. The number of nitrogens with zero attached hydrogens (tertiary/aromatic N) is 3. The van der Waals surface area contributed by atoms with Crippen molar-refractivity contribution in [3.05, 3.63) is 58.6 Å². The molecule has 0 amide bonds. The zero-order valence-corrected chi connectivity index (χ0v) is 13.3. The van der Waals surface area contributed by atoms with E-state index in [0.29, 0.717) is 17.1 Å². The van der Waals surface area contributed by atoms with E-state index in [9.17, 15) is 19.7 Å². The average Bonchev–Trinajstić information content (AvgIpc) is 2.60. The van der Waals surface area contributed by atoms with Crippen molar-refractivity contribution in [3.63, 3.8) is 0 Å². The van der Waals surface area contributed by atoms with Crippen molar-refractivity contribution in [1.29, 1.82) is 0 Å². The van der Waals surface area contributed by atoms with E-state index < -0.39 is 29.3 Å². The molecule has 0 heterocycles. The second kappa shape index (κ2) is 8.33. The number of benzene rings is 2. The molecule has 1 atom stereocenters. The van der Waals surface area contributed by atoms with E-state index in [4.69, 9.17) is 10.2 Å². The number of aliphatic carboxylic acids is 2. The van der Waals surface area contributed by atoms with Crippen LogP contribution in [0.4, 0.5) is 22.7 Å². The minimum atomic E-state index is -1.27. The van der Waals surface area contributed by atoms with Gasteiger partial charge in [0.05, 0.1) is 22.7 Å². The van der Waals surface area contributed by atoms with E-state index in [0.717, 1.165) is 0 Å². The predicted molar refractivity (Wildman–Crippen MR) is 91.0 cm³/mol. The van der Waals surface area contributed by atoms with Gasteiger partial charge in [0.25, 0.3) is 5.69 Å². The fraction of sp³-hybridized carbons (Fsp3) is 0.125. The van der Waals surface area contributed by atoms with Crippen LogP contribution in [0.1, 0.15) is 6.42 Å².